The average molecular weight is 245 g/mol. The molecule has 1 saturated heterocycles. The standard InChI is InChI=1S/C13H27NO3/c1-12(2)17-11-13(16-3)5-4-7-14(8-6-13)9-10-15/h12,15H,4-11H2,1-3H3. The first-order valence-corrected chi connectivity index (χ1v) is 6.62. The zero-order chi connectivity index (χ0) is 12.7. The zero-order valence-electron chi connectivity index (χ0n) is 11.4. The van der Waals surface area contributed by atoms with Crippen molar-refractivity contribution in [2.75, 3.05) is 40.0 Å². The highest BCUT2D eigenvalue weighted by molar-refractivity contribution is 4.85. The summed E-state index contributed by atoms with van der Waals surface area (Å²) in [7, 11) is 1.78. The largest absolute Gasteiger partial charge is 0.395 e. The second kappa shape index (κ2) is 7.31. The van der Waals surface area contributed by atoms with E-state index in [1.807, 2.05) is 0 Å². The third-order valence-corrected chi connectivity index (χ3v) is 3.52. The third-order valence-electron chi connectivity index (χ3n) is 3.52. The lowest BCUT2D eigenvalue weighted by Crippen LogP contribution is -2.39. The van der Waals surface area contributed by atoms with Gasteiger partial charge in [-0.25, -0.2) is 0 Å². The second-order valence-corrected chi connectivity index (χ2v) is 5.17. The van der Waals surface area contributed by atoms with Crippen molar-refractivity contribution >= 4 is 0 Å². The Labute approximate surface area is 105 Å². The highest BCUT2D eigenvalue weighted by Crippen LogP contribution is 2.26. The van der Waals surface area contributed by atoms with Crippen molar-refractivity contribution in [2.24, 2.45) is 0 Å². The highest BCUT2D eigenvalue weighted by Gasteiger charge is 2.33. The predicted molar refractivity (Wildman–Crippen MR) is 68.2 cm³/mol. The number of ether oxygens (including phenoxy) is 2. The van der Waals surface area contributed by atoms with E-state index in [0.717, 1.165) is 38.9 Å². The van der Waals surface area contributed by atoms with E-state index in [2.05, 4.69) is 18.7 Å². The maximum absolute atomic E-state index is 8.98. The van der Waals surface area contributed by atoms with Crippen LogP contribution in [0.5, 0.6) is 0 Å². The molecule has 1 unspecified atom stereocenters. The molecule has 102 valence electrons. The number of aliphatic hydroxyl groups is 1. The normalized spacial score (nSPS) is 27.4. The summed E-state index contributed by atoms with van der Waals surface area (Å²) in [5.74, 6) is 0. The number of hydrogen-bond donors (Lipinski definition) is 1. The fourth-order valence-electron chi connectivity index (χ4n) is 2.31. The van der Waals surface area contributed by atoms with E-state index in [9.17, 15) is 0 Å². The van der Waals surface area contributed by atoms with Crippen molar-refractivity contribution < 1.29 is 14.6 Å². The fourth-order valence-corrected chi connectivity index (χ4v) is 2.31. The maximum Gasteiger partial charge on any atom is 0.0923 e. The first kappa shape index (κ1) is 14.9. The molecule has 0 spiro atoms. The molecule has 1 rings (SSSR count). The van der Waals surface area contributed by atoms with Gasteiger partial charge < -0.3 is 19.5 Å². The Bertz CT molecular complexity index is 211. The number of nitrogens with zero attached hydrogens (tertiary/aromatic N) is 1. The molecule has 1 aliphatic heterocycles. The first-order valence-electron chi connectivity index (χ1n) is 6.62. The minimum Gasteiger partial charge on any atom is -0.395 e. The van der Waals surface area contributed by atoms with Crippen LogP contribution in [0.4, 0.5) is 0 Å². The Morgan fingerprint density at radius 1 is 1.29 bits per heavy atom. The van der Waals surface area contributed by atoms with Crippen molar-refractivity contribution in [2.45, 2.75) is 44.8 Å². The molecule has 1 atom stereocenters. The Hall–Kier alpha value is -0.160. The van der Waals surface area contributed by atoms with Crippen LogP contribution >= 0.6 is 0 Å². The minimum atomic E-state index is -0.130. The smallest absolute Gasteiger partial charge is 0.0923 e. The fraction of sp³-hybridized carbons (Fsp3) is 1.00. The van der Waals surface area contributed by atoms with Crippen LogP contribution in [0.3, 0.4) is 0 Å². The summed E-state index contributed by atoms with van der Waals surface area (Å²) < 4.78 is 11.5. The summed E-state index contributed by atoms with van der Waals surface area (Å²) in [6.07, 6.45) is 3.38. The molecule has 4 heteroatoms. The number of rotatable bonds is 6. The SMILES string of the molecule is COC1(COC(C)C)CCCN(CCO)CC1. The van der Waals surface area contributed by atoms with Crippen LogP contribution in [0.25, 0.3) is 0 Å². The molecule has 0 radical (unpaired) electrons. The Balaban J connectivity index is 2.49. The maximum atomic E-state index is 8.98. The number of likely N-dealkylation sites (tertiary alicyclic amines) is 1. The number of hydrogen-bond acceptors (Lipinski definition) is 4. The molecule has 0 aliphatic carbocycles. The molecule has 0 aromatic rings. The van der Waals surface area contributed by atoms with Crippen LogP contribution in [0.1, 0.15) is 33.1 Å². The van der Waals surface area contributed by atoms with Crippen molar-refractivity contribution in [3.8, 4) is 0 Å². The van der Waals surface area contributed by atoms with Crippen LogP contribution in [-0.2, 0) is 9.47 Å². The summed E-state index contributed by atoms with van der Waals surface area (Å²) in [4.78, 5) is 2.30. The van der Waals surface area contributed by atoms with E-state index >= 15 is 0 Å². The van der Waals surface area contributed by atoms with Crippen LogP contribution in [0, 0.1) is 0 Å². The van der Waals surface area contributed by atoms with Crippen molar-refractivity contribution in [1.29, 1.82) is 0 Å². The Kier molecular flexibility index (Phi) is 6.41. The van der Waals surface area contributed by atoms with E-state index in [4.69, 9.17) is 14.6 Å². The van der Waals surface area contributed by atoms with Crippen molar-refractivity contribution in [1.82, 2.24) is 4.90 Å². The quantitative estimate of drug-likeness (QED) is 0.765. The topological polar surface area (TPSA) is 41.9 Å². The Morgan fingerprint density at radius 3 is 2.65 bits per heavy atom. The van der Waals surface area contributed by atoms with Gasteiger partial charge in [-0.05, 0) is 39.7 Å². The molecule has 1 aliphatic rings. The van der Waals surface area contributed by atoms with E-state index in [-0.39, 0.29) is 18.3 Å². The van der Waals surface area contributed by atoms with Crippen molar-refractivity contribution in [3.63, 3.8) is 0 Å². The zero-order valence-corrected chi connectivity index (χ0v) is 11.4. The van der Waals surface area contributed by atoms with Gasteiger partial charge in [-0.15, -0.1) is 0 Å². The second-order valence-electron chi connectivity index (χ2n) is 5.17. The molecule has 0 aromatic heterocycles. The van der Waals surface area contributed by atoms with Gasteiger partial charge in [0.05, 0.1) is 24.9 Å². The van der Waals surface area contributed by atoms with Crippen LogP contribution in [-0.4, -0.2) is 61.7 Å². The van der Waals surface area contributed by atoms with Crippen LogP contribution < -0.4 is 0 Å². The van der Waals surface area contributed by atoms with Crippen LogP contribution in [0.2, 0.25) is 0 Å². The predicted octanol–water partition coefficient (Wildman–Crippen LogP) is 1.27. The number of β-amino-alcohol motifs (C(OH)–C–C–N with tert-alkyl or cyclic N) is 1. The van der Waals surface area contributed by atoms with Gasteiger partial charge in [-0.3, -0.25) is 0 Å². The number of methoxy groups -OCH3 is 1. The van der Waals surface area contributed by atoms with E-state index in [0.29, 0.717) is 6.61 Å². The monoisotopic (exact) mass is 245 g/mol. The lowest BCUT2D eigenvalue weighted by Gasteiger charge is -2.32. The summed E-state index contributed by atoms with van der Waals surface area (Å²) in [5, 5.41) is 8.98. The third kappa shape index (κ3) is 4.92. The van der Waals surface area contributed by atoms with Gasteiger partial charge in [-0.1, -0.05) is 0 Å². The van der Waals surface area contributed by atoms with E-state index in [1.54, 1.807) is 7.11 Å². The molecule has 1 heterocycles. The van der Waals surface area contributed by atoms with Gasteiger partial charge in [0.2, 0.25) is 0 Å². The molecule has 0 aromatic carbocycles. The lowest BCUT2D eigenvalue weighted by atomic mass is 9.95. The van der Waals surface area contributed by atoms with E-state index in [1.165, 1.54) is 0 Å². The number of aliphatic hydroxyl groups excluding tert-OH is 1. The molecule has 1 N–H and O–H groups in total. The van der Waals surface area contributed by atoms with E-state index < -0.39 is 0 Å². The van der Waals surface area contributed by atoms with Crippen molar-refractivity contribution in [3.05, 3.63) is 0 Å². The van der Waals surface area contributed by atoms with Gasteiger partial charge in [0.1, 0.15) is 0 Å². The van der Waals surface area contributed by atoms with Gasteiger partial charge in [0.25, 0.3) is 0 Å². The summed E-state index contributed by atoms with van der Waals surface area (Å²) in [6.45, 7) is 7.82. The molecular weight excluding hydrogens is 218 g/mol. The highest BCUT2D eigenvalue weighted by atomic mass is 16.5. The summed E-state index contributed by atoms with van der Waals surface area (Å²) in [5.41, 5.74) is -0.130. The molecule has 4 nitrogen and oxygen atoms in total. The molecule has 0 bridgehead atoms. The van der Waals surface area contributed by atoms with Gasteiger partial charge >= 0.3 is 0 Å². The summed E-state index contributed by atoms with van der Waals surface area (Å²) in [6, 6.07) is 0. The molecule has 17 heavy (non-hydrogen) atoms. The molecule has 0 amide bonds. The summed E-state index contributed by atoms with van der Waals surface area (Å²) >= 11 is 0. The first-order chi connectivity index (χ1) is 8.12. The van der Waals surface area contributed by atoms with Crippen LogP contribution in [0.15, 0.2) is 0 Å². The molecule has 0 saturated carbocycles. The minimum absolute atomic E-state index is 0.130. The molecule has 1 fully saturated rings. The lowest BCUT2D eigenvalue weighted by molar-refractivity contribution is -0.0963. The molecular formula is C13H27NO3. The van der Waals surface area contributed by atoms with Gasteiger partial charge in [0.15, 0.2) is 0 Å². The average Bonchev–Trinajstić information content (AvgIpc) is 2.51. The van der Waals surface area contributed by atoms with Gasteiger partial charge in [-0.2, -0.15) is 0 Å². The Morgan fingerprint density at radius 2 is 2.06 bits per heavy atom. The van der Waals surface area contributed by atoms with Gasteiger partial charge in [0, 0.05) is 20.2 Å².